The van der Waals surface area contributed by atoms with Crippen LogP contribution >= 0.6 is 0 Å². The summed E-state index contributed by atoms with van der Waals surface area (Å²) in [7, 11) is 1.78. The van der Waals surface area contributed by atoms with Gasteiger partial charge in [-0.05, 0) is 29.7 Å². The Kier molecular flexibility index (Phi) is 5.16. The number of fused-ring (bicyclic) bond motifs is 1. The first kappa shape index (κ1) is 18.9. The van der Waals surface area contributed by atoms with Gasteiger partial charge in [0.15, 0.2) is 0 Å². The quantitative estimate of drug-likeness (QED) is 0.676. The second-order valence-corrected chi connectivity index (χ2v) is 7.42. The average molecular weight is 388 g/mol. The molecule has 0 fully saturated rings. The molecule has 6 nitrogen and oxygen atoms in total. The number of rotatable bonds is 7. The number of aromatic nitrogens is 2. The van der Waals surface area contributed by atoms with Crippen LogP contribution in [-0.4, -0.2) is 35.2 Å². The summed E-state index contributed by atoms with van der Waals surface area (Å²) in [5.41, 5.74) is 1.93. The van der Waals surface area contributed by atoms with Crippen LogP contribution < -0.4 is 10.2 Å². The zero-order valence-corrected chi connectivity index (χ0v) is 16.4. The lowest BCUT2D eigenvalue weighted by atomic mass is 9.73. The third kappa shape index (κ3) is 3.66. The minimum absolute atomic E-state index is 0.0372. The minimum atomic E-state index is -0.900. The molecule has 1 aliphatic heterocycles. The molecule has 2 amide bonds. The molecule has 2 aromatic carbocycles. The molecule has 1 N–H and O–H groups in total. The molecule has 0 saturated carbocycles. The van der Waals surface area contributed by atoms with Crippen molar-refractivity contribution in [2.75, 3.05) is 18.5 Å². The number of amides is 2. The number of anilines is 1. The van der Waals surface area contributed by atoms with Gasteiger partial charge in [-0.1, -0.05) is 48.5 Å². The SMILES string of the molecule is CN1C(=O)[C@@](CC(=O)NCCn2cccn2)(Cc2ccccc2)c2ccccc21. The van der Waals surface area contributed by atoms with Crippen LogP contribution in [0.3, 0.4) is 0 Å². The van der Waals surface area contributed by atoms with E-state index in [-0.39, 0.29) is 18.2 Å². The fraction of sp³-hybridized carbons (Fsp3) is 0.261. The number of para-hydroxylation sites is 1. The van der Waals surface area contributed by atoms with Gasteiger partial charge < -0.3 is 10.2 Å². The van der Waals surface area contributed by atoms with Crippen LogP contribution in [0.4, 0.5) is 5.69 Å². The van der Waals surface area contributed by atoms with Crippen molar-refractivity contribution in [2.24, 2.45) is 0 Å². The summed E-state index contributed by atoms with van der Waals surface area (Å²) in [5.74, 6) is -0.170. The molecule has 29 heavy (non-hydrogen) atoms. The summed E-state index contributed by atoms with van der Waals surface area (Å²) in [6.07, 6.45) is 4.16. The molecule has 0 spiro atoms. The second-order valence-electron chi connectivity index (χ2n) is 7.42. The highest BCUT2D eigenvalue weighted by Gasteiger charge is 2.50. The summed E-state index contributed by atoms with van der Waals surface area (Å²) in [6.45, 7) is 1.06. The summed E-state index contributed by atoms with van der Waals surface area (Å²) in [6, 6.07) is 19.5. The lowest BCUT2D eigenvalue weighted by molar-refractivity contribution is -0.129. The second kappa shape index (κ2) is 7.91. The first-order valence-electron chi connectivity index (χ1n) is 9.76. The van der Waals surface area contributed by atoms with Crippen molar-refractivity contribution in [1.82, 2.24) is 15.1 Å². The predicted octanol–water partition coefficient (Wildman–Crippen LogP) is 2.55. The molecule has 0 saturated heterocycles. The Morgan fingerprint density at radius 2 is 1.83 bits per heavy atom. The Morgan fingerprint density at radius 3 is 2.59 bits per heavy atom. The maximum Gasteiger partial charge on any atom is 0.238 e. The standard InChI is InChI=1S/C23H24N4O2/c1-26-20-11-6-5-10-19(20)23(22(26)29,16-18-8-3-2-4-9-18)17-21(28)24-13-15-27-14-7-12-25-27/h2-12,14H,13,15-17H2,1H3,(H,24,28)/t23-/m1/s1. The third-order valence-electron chi connectivity index (χ3n) is 5.53. The molecule has 1 aliphatic rings. The zero-order valence-electron chi connectivity index (χ0n) is 16.4. The van der Waals surface area contributed by atoms with Crippen molar-refractivity contribution in [3.05, 3.63) is 84.2 Å². The van der Waals surface area contributed by atoms with Crippen LogP contribution in [0.15, 0.2) is 73.1 Å². The highest BCUT2D eigenvalue weighted by atomic mass is 16.2. The molecule has 0 bridgehead atoms. The van der Waals surface area contributed by atoms with Gasteiger partial charge in [0.2, 0.25) is 11.8 Å². The highest BCUT2D eigenvalue weighted by molar-refractivity contribution is 6.09. The molecular weight excluding hydrogens is 364 g/mol. The first-order valence-corrected chi connectivity index (χ1v) is 9.76. The van der Waals surface area contributed by atoms with E-state index in [9.17, 15) is 9.59 Å². The lowest BCUT2D eigenvalue weighted by Crippen LogP contribution is -2.44. The molecule has 3 aromatic rings. The van der Waals surface area contributed by atoms with Gasteiger partial charge in [-0.15, -0.1) is 0 Å². The number of benzene rings is 2. The Hall–Kier alpha value is -3.41. The molecule has 0 unspecified atom stereocenters. The van der Waals surface area contributed by atoms with E-state index in [2.05, 4.69) is 10.4 Å². The summed E-state index contributed by atoms with van der Waals surface area (Å²) < 4.78 is 1.77. The van der Waals surface area contributed by atoms with Crippen LogP contribution in [0.5, 0.6) is 0 Å². The van der Waals surface area contributed by atoms with Crippen molar-refractivity contribution >= 4 is 17.5 Å². The fourth-order valence-electron chi connectivity index (χ4n) is 4.14. The number of carbonyl (C=O) groups is 2. The van der Waals surface area contributed by atoms with Gasteiger partial charge in [0.1, 0.15) is 0 Å². The molecule has 0 aliphatic carbocycles. The maximum atomic E-state index is 13.4. The number of hydrogen-bond donors (Lipinski definition) is 1. The van der Waals surface area contributed by atoms with Crippen molar-refractivity contribution in [1.29, 1.82) is 0 Å². The van der Waals surface area contributed by atoms with Crippen molar-refractivity contribution < 1.29 is 9.59 Å². The van der Waals surface area contributed by atoms with Gasteiger partial charge in [0.05, 0.1) is 12.0 Å². The first-order chi connectivity index (χ1) is 14.1. The Morgan fingerprint density at radius 1 is 1.07 bits per heavy atom. The van der Waals surface area contributed by atoms with Gasteiger partial charge in [-0.3, -0.25) is 14.3 Å². The molecule has 4 rings (SSSR count). The minimum Gasteiger partial charge on any atom is -0.354 e. The van der Waals surface area contributed by atoms with E-state index in [1.165, 1.54) is 0 Å². The largest absolute Gasteiger partial charge is 0.354 e. The maximum absolute atomic E-state index is 13.4. The Bertz CT molecular complexity index is 1000. The number of likely N-dealkylation sites (N-methyl/N-ethyl adjacent to an activating group) is 1. The number of nitrogens with one attached hydrogen (secondary N) is 1. The van der Waals surface area contributed by atoms with E-state index < -0.39 is 5.41 Å². The van der Waals surface area contributed by atoms with E-state index in [0.29, 0.717) is 19.5 Å². The summed E-state index contributed by atoms with van der Waals surface area (Å²) >= 11 is 0. The van der Waals surface area contributed by atoms with Crippen molar-refractivity contribution in [3.63, 3.8) is 0 Å². The molecular formula is C23H24N4O2. The van der Waals surface area contributed by atoms with Crippen LogP contribution in [0.2, 0.25) is 0 Å². The molecule has 2 heterocycles. The highest BCUT2D eigenvalue weighted by Crippen LogP contribution is 2.45. The van der Waals surface area contributed by atoms with Gasteiger partial charge in [-0.25, -0.2) is 0 Å². The van der Waals surface area contributed by atoms with E-state index >= 15 is 0 Å². The molecule has 148 valence electrons. The van der Waals surface area contributed by atoms with Gasteiger partial charge in [0, 0.05) is 38.1 Å². The Labute approximate surface area is 170 Å². The van der Waals surface area contributed by atoms with Gasteiger partial charge >= 0.3 is 0 Å². The summed E-state index contributed by atoms with van der Waals surface area (Å²) in [5, 5.41) is 7.10. The Balaban J connectivity index is 1.59. The summed E-state index contributed by atoms with van der Waals surface area (Å²) in [4.78, 5) is 28.0. The number of hydrogen-bond acceptors (Lipinski definition) is 3. The molecule has 6 heteroatoms. The third-order valence-corrected chi connectivity index (χ3v) is 5.53. The lowest BCUT2D eigenvalue weighted by Gasteiger charge is -2.28. The van der Waals surface area contributed by atoms with Crippen LogP contribution in [0.1, 0.15) is 17.5 Å². The van der Waals surface area contributed by atoms with Crippen LogP contribution in [-0.2, 0) is 28.0 Å². The smallest absolute Gasteiger partial charge is 0.238 e. The van der Waals surface area contributed by atoms with Gasteiger partial charge in [0.25, 0.3) is 0 Å². The predicted molar refractivity (Wildman–Crippen MR) is 112 cm³/mol. The van der Waals surface area contributed by atoms with E-state index in [1.54, 1.807) is 22.8 Å². The average Bonchev–Trinajstić information content (AvgIpc) is 3.32. The zero-order chi connectivity index (χ0) is 20.3. The van der Waals surface area contributed by atoms with Crippen LogP contribution in [0, 0.1) is 0 Å². The van der Waals surface area contributed by atoms with Crippen LogP contribution in [0.25, 0.3) is 0 Å². The van der Waals surface area contributed by atoms with E-state index in [4.69, 9.17) is 0 Å². The van der Waals surface area contributed by atoms with Crippen molar-refractivity contribution in [2.45, 2.75) is 24.8 Å². The molecule has 0 radical (unpaired) electrons. The number of carbonyl (C=O) groups excluding carboxylic acids is 2. The fourth-order valence-corrected chi connectivity index (χ4v) is 4.14. The van der Waals surface area contributed by atoms with Crippen molar-refractivity contribution in [3.8, 4) is 0 Å². The molecule has 1 aromatic heterocycles. The number of nitrogens with zero attached hydrogens (tertiary/aromatic N) is 3. The normalized spacial score (nSPS) is 18.0. The molecule has 1 atom stereocenters. The monoisotopic (exact) mass is 388 g/mol. The van der Waals surface area contributed by atoms with Gasteiger partial charge in [-0.2, -0.15) is 5.10 Å². The van der Waals surface area contributed by atoms with E-state index in [0.717, 1.165) is 16.8 Å². The topological polar surface area (TPSA) is 67.2 Å². The van der Waals surface area contributed by atoms with E-state index in [1.807, 2.05) is 66.9 Å².